The lowest BCUT2D eigenvalue weighted by molar-refractivity contribution is -0.141. The molecule has 0 saturated heterocycles. The van der Waals surface area contributed by atoms with Gasteiger partial charge in [0.25, 0.3) is 0 Å². The zero-order chi connectivity index (χ0) is 8.10. The van der Waals surface area contributed by atoms with Gasteiger partial charge in [-0.3, -0.25) is 9.79 Å². The van der Waals surface area contributed by atoms with Gasteiger partial charge in [0.1, 0.15) is 5.25 Å². The highest BCUT2D eigenvalue weighted by Crippen LogP contribution is 2.13. The Bertz CT molecular complexity index is 170. The molecule has 0 aromatic carbocycles. The molecular weight excluding hydrogens is 162 g/mol. The van der Waals surface area contributed by atoms with E-state index in [0.717, 1.165) is 12.3 Å². The normalized spacial score (nSPS) is 23.2. The van der Waals surface area contributed by atoms with E-state index in [-0.39, 0.29) is 11.2 Å². The lowest BCUT2D eigenvalue weighted by Gasteiger charge is -2.13. The summed E-state index contributed by atoms with van der Waals surface area (Å²) in [5.41, 5.74) is 0. The Balaban J connectivity index is 2.39. The molecular formula is C7H11NO2S. The van der Waals surface area contributed by atoms with Crippen LogP contribution in [0.5, 0.6) is 0 Å². The SMILES string of the molecule is CCOC(=O)C1C=NCCS1. The van der Waals surface area contributed by atoms with Gasteiger partial charge in [0.05, 0.1) is 6.61 Å². The fraction of sp³-hybridized carbons (Fsp3) is 0.714. The van der Waals surface area contributed by atoms with Crippen molar-refractivity contribution in [3.05, 3.63) is 0 Å². The van der Waals surface area contributed by atoms with Crippen LogP contribution in [0.4, 0.5) is 0 Å². The van der Waals surface area contributed by atoms with Crippen LogP contribution in [-0.2, 0) is 9.53 Å². The van der Waals surface area contributed by atoms with Crippen molar-refractivity contribution in [2.75, 3.05) is 18.9 Å². The van der Waals surface area contributed by atoms with Crippen molar-refractivity contribution in [3.63, 3.8) is 0 Å². The Morgan fingerprint density at radius 2 is 2.73 bits per heavy atom. The first-order chi connectivity index (χ1) is 5.34. The maximum absolute atomic E-state index is 11.1. The summed E-state index contributed by atoms with van der Waals surface area (Å²) in [7, 11) is 0. The third-order valence-electron chi connectivity index (χ3n) is 1.28. The number of carbonyl (C=O) groups excluding carboxylic acids is 1. The molecule has 0 N–H and O–H groups in total. The number of thioether (sulfide) groups is 1. The summed E-state index contributed by atoms with van der Waals surface area (Å²) < 4.78 is 4.83. The molecule has 1 aliphatic heterocycles. The molecule has 11 heavy (non-hydrogen) atoms. The zero-order valence-electron chi connectivity index (χ0n) is 6.45. The fourth-order valence-electron chi connectivity index (χ4n) is 0.799. The third-order valence-corrected chi connectivity index (χ3v) is 2.37. The number of hydrogen-bond donors (Lipinski definition) is 0. The number of esters is 1. The molecule has 1 unspecified atom stereocenters. The van der Waals surface area contributed by atoms with Crippen LogP contribution in [0.3, 0.4) is 0 Å². The molecule has 0 amide bonds. The van der Waals surface area contributed by atoms with E-state index in [1.807, 2.05) is 6.92 Å². The van der Waals surface area contributed by atoms with Crippen molar-refractivity contribution in [2.24, 2.45) is 4.99 Å². The van der Waals surface area contributed by atoms with Crippen LogP contribution in [-0.4, -0.2) is 36.3 Å². The highest BCUT2D eigenvalue weighted by atomic mass is 32.2. The molecule has 0 saturated carbocycles. The Labute approximate surface area is 70.2 Å². The lowest BCUT2D eigenvalue weighted by atomic mass is 10.4. The van der Waals surface area contributed by atoms with Gasteiger partial charge >= 0.3 is 5.97 Å². The van der Waals surface area contributed by atoms with Crippen molar-refractivity contribution in [1.29, 1.82) is 0 Å². The second kappa shape index (κ2) is 4.38. The van der Waals surface area contributed by atoms with E-state index in [1.54, 1.807) is 18.0 Å². The number of ether oxygens (including phenoxy) is 1. The summed E-state index contributed by atoms with van der Waals surface area (Å²) in [6.45, 7) is 3.08. The minimum absolute atomic E-state index is 0.163. The number of nitrogens with zero attached hydrogens (tertiary/aromatic N) is 1. The third kappa shape index (κ3) is 2.54. The predicted octanol–water partition coefficient (Wildman–Crippen LogP) is 0.736. The summed E-state index contributed by atoms with van der Waals surface area (Å²) in [5, 5.41) is -0.163. The van der Waals surface area contributed by atoms with Crippen molar-refractivity contribution in [1.82, 2.24) is 0 Å². The second-order valence-electron chi connectivity index (χ2n) is 2.10. The predicted molar refractivity (Wildman–Crippen MR) is 46.2 cm³/mol. The van der Waals surface area contributed by atoms with Gasteiger partial charge in [-0.25, -0.2) is 0 Å². The largest absolute Gasteiger partial charge is 0.465 e. The van der Waals surface area contributed by atoms with E-state index in [4.69, 9.17) is 4.74 Å². The topological polar surface area (TPSA) is 38.7 Å². The maximum atomic E-state index is 11.1. The van der Waals surface area contributed by atoms with Gasteiger partial charge in [-0.15, -0.1) is 11.8 Å². The van der Waals surface area contributed by atoms with Crippen molar-refractivity contribution in [3.8, 4) is 0 Å². The molecule has 0 radical (unpaired) electrons. The van der Waals surface area contributed by atoms with Crippen LogP contribution < -0.4 is 0 Å². The highest BCUT2D eigenvalue weighted by molar-refractivity contribution is 8.01. The summed E-state index contributed by atoms with van der Waals surface area (Å²) in [6.07, 6.45) is 1.67. The molecule has 0 aliphatic carbocycles. The minimum atomic E-state index is -0.166. The first-order valence-electron chi connectivity index (χ1n) is 3.62. The Hall–Kier alpha value is -0.510. The molecule has 1 aliphatic rings. The molecule has 1 rings (SSSR count). The Kier molecular flexibility index (Phi) is 3.42. The Morgan fingerprint density at radius 1 is 1.91 bits per heavy atom. The van der Waals surface area contributed by atoms with Crippen molar-refractivity contribution >= 4 is 23.9 Å². The van der Waals surface area contributed by atoms with E-state index in [2.05, 4.69) is 4.99 Å². The summed E-state index contributed by atoms with van der Waals surface area (Å²) in [6, 6.07) is 0. The number of hydrogen-bond acceptors (Lipinski definition) is 4. The molecule has 4 heteroatoms. The minimum Gasteiger partial charge on any atom is -0.465 e. The quantitative estimate of drug-likeness (QED) is 0.578. The molecule has 0 fully saturated rings. The van der Waals surface area contributed by atoms with E-state index in [1.165, 1.54) is 0 Å². The van der Waals surface area contributed by atoms with E-state index in [0.29, 0.717) is 6.61 Å². The van der Waals surface area contributed by atoms with E-state index in [9.17, 15) is 4.79 Å². The molecule has 0 aromatic rings. The van der Waals surface area contributed by atoms with Gasteiger partial charge in [0.2, 0.25) is 0 Å². The van der Waals surface area contributed by atoms with Crippen LogP contribution in [0.25, 0.3) is 0 Å². The van der Waals surface area contributed by atoms with Gasteiger partial charge in [0, 0.05) is 18.5 Å². The van der Waals surface area contributed by atoms with Gasteiger partial charge in [0.15, 0.2) is 0 Å². The zero-order valence-corrected chi connectivity index (χ0v) is 7.26. The van der Waals surface area contributed by atoms with Gasteiger partial charge in [-0.2, -0.15) is 0 Å². The summed E-state index contributed by atoms with van der Waals surface area (Å²) in [4.78, 5) is 15.1. The average Bonchev–Trinajstić information content (AvgIpc) is 2.07. The maximum Gasteiger partial charge on any atom is 0.324 e. The van der Waals surface area contributed by atoms with Gasteiger partial charge < -0.3 is 4.74 Å². The van der Waals surface area contributed by atoms with Crippen LogP contribution in [0.15, 0.2) is 4.99 Å². The van der Waals surface area contributed by atoms with Crippen LogP contribution in [0, 0.1) is 0 Å². The van der Waals surface area contributed by atoms with Crippen LogP contribution in [0.2, 0.25) is 0 Å². The smallest absolute Gasteiger partial charge is 0.324 e. The summed E-state index contributed by atoms with van der Waals surface area (Å²) >= 11 is 1.59. The molecule has 0 spiro atoms. The monoisotopic (exact) mass is 173 g/mol. The van der Waals surface area contributed by atoms with Gasteiger partial charge in [-0.1, -0.05) is 0 Å². The number of rotatable bonds is 2. The Morgan fingerprint density at radius 3 is 3.27 bits per heavy atom. The van der Waals surface area contributed by atoms with Crippen LogP contribution >= 0.6 is 11.8 Å². The lowest BCUT2D eigenvalue weighted by Crippen LogP contribution is -2.24. The standard InChI is InChI=1S/C7H11NO2S/c1-2-10-7(9)6-5-8-3-4-11-6/h5-6H,2-4H2,1H3. The second-order valence-corrected chi connectivity index (χ2v) is 3.35. The molecule has 62 valence electrons. The highest BCUT2D eigenvalue weighted by Gasteiger charge is 2.19. The molecule has 0 aromatic heterocycles. The molecule has 1 heterocycles. The first-order valence-corrected chi connectivity index (χ1v) is 4.67. The molecule has 0 bridgehead atoms. The van der Waals surface area contributed by atoms with E-state index >= 15 is 0 Å². The summed E-state index contributed by atoms with van der Waals surface area (Å²) in [5.74, 6) is 0.751. The van der Waals surface area contributed by atoms with Crippen molar-refractivity contribution in [2.45, 2.75) is 12.2 Å². The number of aliphatic imine (C=N–C) groups is 1. The molecule has 3 nitrogen and oxygen atoms in total. The van der Waals surface area contributed by atoms with Gasteiger partial charge in [-0.05, 0) is 6.92 Å². The first kappa shape index (κ1) is 8.59. The number of carbonyl (C=O) groups is 1. The molecule has 1 atom stereocenters. The van der Waals surface area contributed by atoms with Crippen molar-refractivity contribution < 1.29 is 9.53 Å². The fourth-order valence-corrected chi connectivity index (χ4v) is 1.64. The van der Waals surface area contributed by atoms with Crippen LogP contribution in [0.1, 0.15) is 6.92 Å². The van der Waals surface area contributed by atoms with E-state index < -0.39 is 0 Å². The average molecular weight is 173 g/mol.